The first-order valence-corrected chi connectivity index (χ1v) is 11.4. The largest absolute Gasteiger partial charge is 0.340 e. The third-order valence-corrected chi connectivity index (χ3v) is 4.44. The van der Waals surface area contributed by atoms with Gasteiger partial charge in [-0.05, 0) is 17.5 Å². The van der Waals surface area contributed by atoms with Crippen molar-refractivity contribution in [3.8, 4) is 0 Å². The van der Waals surface area contributed by atoms with E-state index in [0.717, 1.165) is 39.1 Å². The molecule has 1 aliphatic heterocycles. The summed E-state index contributed by atoms with van der Waals surface area (Å²) in [5, 5.41) is 0. The Morgan fingerprint density at radius 1 is 0.690 bits per heavy atom. The van der Waals surface area contributed by atoms with E-state index in [1.807, 2.05) is 70.7 Å². The monoisotopic (exact) mass is 398 g/mol. The van der Waals surface area contributed by atoms with Gasteiger partial charge in [0.25, 0.3) is 0 Å². The molecule has 29 heavy (non-hydrogen) atoms. The Hall–Kier alpha value is -2.13. The summed E-state index contributed by atoms with van der Waals surface area (Å²) >= 11 is 0. The van der Waals surface area contributed by atoms with Crippen LogP contribution in [-0.2, 0) is 17.8 Å². The van der Waals surface area contributed by atoms with Crippen molar-refractivity contribution < 1.29 is 4.79 Å². The zero-order valence-corrected chi connectivity index (χ0v) is 19.5. The smallest absolute Gasteiger partial charge is 0.222 e. The van der Waals surface area contributed by atoms with E-state index in [2.05, 4.69) is 41.3 Å². The molecule has 0 unspecified atom stereocenters. The van der Waals surface area contributed by atoms with Gasteiger partial charge in [0, 0.05) is 39.1 Å². The maximum absolute atomic E-state index is 12.3. The van der Waals surface area contributed by atoms with Gasteiger partial charge in [-0.25, -0.2) is 0 Å². The molecule has 2 aromatic carbocycles. The molecule has 1 saturated heterocycles. The van der Waals surface area contributed by atoms with Crippen LogP contribution in [0, 0.1) is 0 Å². The molecule has 1 amide bonds. The Kier molecular flexibility index (Phi) is 16.6. The lowest BCUT2D eigenvalue weighted by Gasteiger charge is -2.34. The van der Waals surface area contributed by atoms with Crippen LogP contribution in [0.5, 0.6) is 0 Å². The molecular formula is C26H42N2O. The average molecular weight is 399 g/mol. The number of benzene rings is 2. The molecular weight excluding hydrogens is 356 g/mol. The van der Waals surface area contributed by atoms with Gasteiger partial charge in [0.15, 0.2) is 0 Å². The van der Waals surface area contributed by atoms with Crippen molar-refractivity contribution in [2.24, 2.45) is 0 Å². The van der Waals surface area contributed by atoms with Crippen molar-refractivity contribution in [2.45, 2.75) is 60.9 Å². The Balaban J connectivity index is 0.00000120. The van der Waals surface area contributed by atoms with Crippen molar-refractivity contribution in [3.05, 3.63) is 71.8 Å². The molecule has 3 nitrogen and oxygen atoms in total. The highest BCUT2D eigenvalue weighted by Gasteiger charge is 2.20. The number of hydrogen-bond acceptors (Lipinski definition) is 2. The minimum absolute atomic E-state index is 0.285. The summed E-state index contributed by atoms with van der Waals surface area (Å²) in [5.41, 5.74) is 2.58. The van der Waals surface area contributed by atoms with Crippen molar-refractivity contribution in [3.63, 3.8) is 0 Å². The summed E-state index contributed by atoms with van der Waals surface area (Å²) in [5.74, 6) is 0.285. The van der Waals surface area contributed by atoms with Crippen LogP contribution in [-0.4, -0.2) is 41.9 Å². The second-order valence-corrected chi connectivity index (χ2v) is 6.13. The highest BCUT2D eigenvalue weighted by Crippen LogP contribution is 2.10. The van der Waals surface area contributed by atoms with Crippen LogP contribution in [0.1, 0.15) is 59.1 Å². The first-order valence-electron chi connectivity index (χ1n) is 11.4. The number of nitrogens with zero attached hydrogens (tertiary/aromatic N) is 2. The van der Waals surface area contributed by atoms with Crippen LogP contribution in [0.3, 0.4) is 0 Å². The molecule has 0 aliphatic carbocycles. The van der Waals surface area contributed by atoms with E-state index in [9.17, 15) is 4.79 Å². The third kappa shape index (κ3) is 10.8. The predicted molar refractivity (Wildman–Crippen MR) is 127 cm³/mol. The van der Waals surface area contributed by atoms with Crippen LogP contribution >= 0.6 is 0 Å². The van der Waals surface area contributed by atoms with E-state index >= 15 is 0 Å². The van der Waals surface area contributed by atoms with E-state index in [1.165, 1.54) is 11.1 Å². The summed E-state index contributed by atoms with van der Waals surface area (Å²) < 4.78 is 0. The summed E-state index contributed by atoms with van der Waals surface area (Å²) in [4.78, 5) is 16.8. The van der Waals surface area contributed by atoms with Crippen LogP contribution in [0.25, 0.3) is 0 Å². The zero-order chi connectivity index (χ0) is 21.9. The number of piperazine rings is 1. The molecule has 3 rings (SSSR count). The number of amides is 1. The number of carbonyl (C=O) groups is 1. The molecule has 1 heterocycles. The number of hydrogen-bond donors (Lipinski definition) is 0. The van der Waals surface area contributed by atoms with E-state index in [-0.39, 0.29) is 5.91 Å². The quantitative estimate of drug-likeness (QED) is 0.613. The number of carbonyl (C=O) groups excluding carboxylic acids is 1. The Morgan fingerprint density at radius 2 is 1.14 bits per heavy atom. The molecule has 1 aliphatic rings. The summed E-state index contributed by atoms with van der Waals surface area (Å²) in [7, 11) is 0. The molecule has 0 aromatic heterocycles. The first-order chi connectivity index (χ1) is 14.3. The summed E-state index contributed by atoms with van der Waals surface area (Å²) in [6.45, 7) is 16.6. The molecule has 0 radical (unpaired) electrons. The maximum Gasteiger partial charge on any atom is 0.222 e. The SMILES string of the molecule is CC.CC.CC.O=C(CCc1ccccc1)N1CCN(Cc2ccccc2)CC1. The average Bonchev–Trinajstić information content (AvgIpc) is 2.83. The number of aryl methyl sites for hydroxylation is 1. The molecule has 3 heteroatoms. The van der Waals surface area contributed by atoms with E-state index in [1.54, 1.807) is 0 Å². The minimum Gasteiger partial charge on any atom is -0.340 e. The van der Waals surface area contributed by atoms with Crippen molar-refractivity contribution in [1.82, 2.24) is 9.80 Å². The van der Waals surface area contributed by atoms with Crippen LogP contribution in [0.4, 0.5) is 0 Å². The standard InChI is InChI=1S/C20H24N2O.3C2H6/c23-20(12-11-18-7-3-1-4-8-18)22-15-13-21(14-16-22)17-19-9-5-2-6-10-19;3*1-2/h1-10H,11-17H2;3*1-2H3. The van der Waals surface area contributed by atoms with Gasteiger partial charge in [-0.2, -0.15) is 0 Å². The fraction of sp³-hybridized carbons (Fsp3) is 0.500. The Morgan fingerprint density at radius 3 is 1.62 bits per heavy atom. The van der Waals surface area contributed by atoms with Gasteiger partial charge < -0.3 is 4.90 Å². The molecule has 162 valence electrons. The van der Waals surface area contributed by atoms with Crippen molar-refractivity contribution in [2.75, 3.05) is 26.2 Å². The molecule has 0 N–H and O–H groups in total. The van der Waals surface area contributed by atoms with Crippen molar-refractivity contribution in [1.29, 1.82) is 0 Å². The van der Waals surface area contributed by atoms with E-state index < -0.39 is 0 Å². The Bertz CT molecular complexity index is 605. The van der Waals surface area contributed by atoms with Gasteiger partial charge in [0.1, 0.15) is 0 Å². The van der Waals surface area contributed by atoms with Crippen molar-refractivity contribution >= 4 is 5.91 Å². The molecule has 2 aromatic rings. The maximum atomic E-state index is 12.3. The molecule has 0 spiro atoms. The molecule has 0 bridgehead atoms. The lowest BCUT2D eigenvalue weighted by atomic mass is 10.1. The van der Waals surface area contributed by atoms with Crippen LogP contribution < -0.4 is 0 Å². The topological polar surface area (TPSA) is 23.6 Å². The first kappa shape index (κ1) is 26.9. The lowest BCUT2D eigenvalue weighted by molar-refractivity contribution is -0.133. The van der Waals surface area contributed by atoms with Crippen LogP contribution in [0.2, 0.25) is 0 Å². The van der Waals surface area contributed by atoms with Gasteiger partial charge in [0.2, 0.25) is 5.91 Å². The Labute approximate surface area is 179 Å². The fourth-order valence-electron chi connectivity index (χ4n) is 3.05. The zero-order valence-electron chi connectivity index (χ0n) is 19.5. The molecule has 0 atom stereocenters. The highest BCUT2D eigenvalue weighted by atomic mass is 16.2. The van der Waals surface area contributed by atoms with Gasteiger partial charge in [0.05, 0.1) is 0 Å². The fourth-order valence-corrected chi connectivity index (χ4v) is 3.05. The van der Waals surface area contributed by atoms with E-state index in [0.29, 0.717) is 6.42 Å². The second kappa shape index (κ2) is 17.9. The third-order valence-electron chi connectivity index (χ3n) is 4.44. The van der Waals surface area contributed by atoms with Gasteiger partial charge in [-0.1, -0.05) is 102 Å². The van der Waals surface area contributed by atoms with Gasteiger partial charge >= 0.3 is 0 Å². The van der Waals surface area contributed by atoms with Crippen LogP contribution in [0.15, 0.2) is 60.7 Å². The lowest BCUT2D eigenvalue weighted by Crippen LogP contribution is -2.48. The van der Waals surface area contributed by atoms with E-state index in [4.69, 9.17) is 0 Å². The minimum atomic E-state index is 0.285. The predicted octanol–water partition coefficient (Wildman–Crippen LogP) is 6.04. The highest BCUT2D eigenvalue weighted by molar-refractivity contribution is 5.76. The molecule has 0 saturated carbocycles. The molecule has 1 fully saturated rings. The second-order valence-electron chi connectivity index (χ2n) is 6.13. The summed E-state index contributed by atoms with van der Waals surface area (Å²) in [6, 6.07) is 20.8. The van der Waals surface area contributed by atoms with Gasteiger partial charge in [-0.15, -0.1) is 0 Å². The summed E-state index contributed by atoms with van der Waals surface area (Å²) in [6.07, 6.45) is 1.45. The normalized spacial score (nSPS) is 13.0. The van der Waals surface area contributed by atoms with Gasteiger partial charge in [-0.3, -0.25) is 9.69 Å². The number of rotatable bonds is 5.